The molecule has 0 aliphatic carbocycles. The summed E-state index contributed by atoms with van der Waals surface area (Å²) in [4.78, 5) is 42.7. The van der Waals surface area contributed by atoms with E-state index in [-0.39, 0.29) is 63.0 Å². The van der Waals surface area contributed by atoms with Gasteiger partial charge in [-0.3, -0.25) is 30.0 Å². The van der Waals surface area contributed by atoms with E-state index in [1.54, 1.807) is 18.2 Å². The molecule has 312 valence electrons. The Morgan fingerprint density at radius 3 is 1.70 bits per heavy atom. The summed E-state index contributed by atoms with van der Waals surface area (Å²) in [6.07, 6.45) is 0.447. The van der Waals surface area contributed by atoms with Crippen LogP contribution in [-0.4, -0.2) is 77.3 Å². The minimum Gasteiger partial charge on any atom is -0.341 e. The third-order valence-electron chi connectivity index (χ3n) is 11.3. The fourth-order valence-corrected chi connectivity index (χ4v) is 11.5. The molecule has 1 aliphatic rings. The number of pyridine rings is 1. The molecule has 8 rings (SSSR count). The van der Waals surface area contributed by atoms with Crippen LogP contribution >= 0.6 is 0 Å². The van der Waals surface area contributed by atoms with Gasteiger partial charge in [0.1, 0.15) is 0 Å². The molecule has 1 atom stereocenters. The summed E-state index contributed by atoms with van der Waals surface area (Å²) < 4.78 is 59.7. The summed E-state index contributed by atoms with van der Waals surface area (Å²) in [6, 6.07) is 33.0. The van der Waals surface area contributed by atoms with Gasteiger partial charge in [-0.25, -0.2) is 16.8 Å². The first-order chi connectivity index (χ1) is 29.3. The van der Waals surface area contributed by atoms with Crippen LogP contribution in [0.15, 0.2) is 131 Å². The number of para-hydroxylation sites is 2. The number of rotatable bonds is 9. The Balaban J connectivity index is 1.22. The van der Waals surface area contributed by atoms with Gasteiger partial charge in [0.2, 0.25) is 26.0 Å². The Hall–Kier alpha value is -6.40. The first kappa shape index (κ1) is 41.3. The molecule has 1 amide bonds. The van der Waals surface area contributed by atoms with Crippen molar-refractivity contribution in [2.45, 2.75) is 48.6 Å². The van der Waals surface area contributed by atoms with Crippen molar-refractivity contribution in [3.63, 3.8) is 0 Å². The van der Waals surface area contributed by atoms with Gasteiger partial charge in [0, 0.05) is 38.3 Å². The number of nitro groups is 2. The number of hydrogen-bond donors (Lipinski definition) is 0. The molecule has 2 bridgehead atoms. The van der Waals surface area contributed by atoms with Gasteiger partial charge in [-0.05, 0) is 75.0 Å². The quantitative estimate of drug-likeness (QED) is 0.0792. The van der Waals surface area contributed by atoms with E-state index in [2.05, 4.69) is 17.1 Å². The predicted octanol–water partition coefficient (Wildman–Crippen LogP) is 7.60. The third kappa shape index (κ3) is 7.76. The van der Waals surface area contributed by atoms with Crippen molar-refractivity contribution < 1.29 is 31.5 Å². The maximum Gasteiger partial charge on any atom is 0.289 e. The molecule has 0 radical (unpaired) electrons. The number of amides is 1. The van der Waals surface area contributed by atoms with Gasteiger partial charge >= 0.3 is 0 Å². The van der Waals surface area contributed by atoms with Crippen LogP contribution in [0.4, 0.5) is 11.4 Å². The first-order valence-electron chi connectivity index (χ1n) is 19.7. The Kier molecular flexibility index (Phi) is 11.2. The number of fused-ring (bicyclic) bond motifs is 2. The van der Waals surface area contributed by atoms with Crippen LogP contribution in [-0.2, 0) is 37.9 Å². The van der Waals surface area contributed by atoms with E-state index in [1.807, 2.05) is 49.4 Å². The Labute approximate surface area is 351 Å². The average Bonchev–Trinajstić information content (AvgIpc) is 3.27. The number of carbonyl (C=O) groups excluding carboxylic acids is 1. The second kappa shape index (κ2) is 16.6. The van der Waals surface area contributed by atoms with E-state index < -0.39 is 57.0 Å². The summed E-state index contributed by atoms with van der Waals surface area (Å²) in [6.45, 7) is 0.579. The fraction of sp³-hybridized carbons (Fsp3) is 0.227. The van der Waals surface area contributed by atoms with E-state index in [0.717, 1.165) is 64.7 Å². The highest BCUT2D eigenvalue weighted by atomic mass is 32.2. The topological polar surface area (TPSA) is 194 Å². The molecule has 0 saturated carbocycles. The van der Waals surface area contributed by atoms with E-state index in [0.29, 0.717) is 6.42 Å². The lowest BCUT2D eigenvalue weighted by atomic mass is 9.86. The van der Waals surface area contributed by atoms with Gasteiger partial charge in [-0.15, -0.1) is 0 Å². The zero-order chi connectivity index (χ0) is 43.1. The molecule has 2 heterocycles. The summed E-state index contributed by atoms with van der Waals surface area (Å²) in [7, 11) is -9.11. The molecule has 17 heteroatoms. The van der Waals surface area contributed by atoms with Crippen LogP contribution < -0.4 is 0 Å². The summed E-state index contributed by atoms with van der Waals surface area (Å²) in [5.41, 5.74) is 0.0102. The lowest BCUT2D eigenvalue weighted by Gasteiger charge is -2.31. The molecule has 61 heavy (non-hydrogen) atoms. The highest BCUT2D eigenvalue weighted by Gasteiger charge is 2.36. The number of nitro benzene ring substituents is 2. The molecule has 1 aliphatic heterocycles. The zero-order valence-corrected chi connectivity index (χ0v) is 34.6. The first-order valence-corrected chi connectivity index (χ1v) is 22.5. The summed E-state index contributed by atoms with van der Waals surface area (Å²) in [5, 5.41) is 30.2. The van der Waals surface area contributed by atoms with Crippen LogP contribution in [0, 0.1) is 20.2 Å². The maximum atomic E-state index is 15.1. The molecule has 0 fully saturated rings. The van der Waals surface area contributed by atoms with E-state index >= 15 is 4.79 Å². The Morgan fingerprint density at radius 2 is 1.13 bits per heavy atom. The van der Waals surface area contributed by atoms with Crippen molar-refractivity contribution in [3.05, 3.63) is 159 Å². The Morgan fingerprint density at radius 1 is 0.623 bits per heavy atom. The van der Waals surface area contributed by atoms with Crippen molar-refractivity contribution in [2.24, 2.45) is 0 Å². The molecule has 1 aromatic heterocycles. The lowest BCUT2D eigenvalue weighted by molar-refractivity contribution is -0.388. The molecule has 7 aromatic rings. The largest absolute Gasteiger partial charge is 0.341 e. The lowest BCUT2D eigenvalue weighted by Crippen LogP contribution is -2.43. The van der Waals surface area contributed by atoms with Crippen LogP contribution in [0.5, 0.6) is 0 Å². The van der Waals surface area contributed by atoms with Gasteiger partial charge in [0.05, 0.1) is 40.2 Å². The SMILES string of the molecule is CCC(C(=O)N1CCCN(S(=O)(=O)c2ccccc2[N+](=O)[O-])Cc2cccc(n2)CN(S(=O)(=O)c2ccccc2[N+](=O)[O-])CC1)c1ccc2ccc3cccc4ccc1c2c34. The standard InChI is InChI=1S/C44H40N6O9S2/c1-2-35(36-22-20-32-19-18-30-10-7-11-31-21-23-37(36)43(32)42(30)31)44(51)46-24-9-25-47(60(56,57)40-16-5-3-14-38(40)49(52)53)28-33-12-8-13-34(45-33)29-48(27-26-46)61(58,59)41-17-6-4-15-39(41)50(54)55/h3-8,10-23,35H,2,9,24-29H2,1H3. The average molecular weight is 861 g/mol. The number of sulfonamides is 2. The van der Waals surface area contributed by atoms with Gasteiger partial charge in [0.15, 0.2) is 9.79 Å². The van der Waals surface area contributed by atoms with E-state index in [1.165, 1.54) is 35.2 Å². The maximum absolute atomic E-state index is 15.1. The highest BCUT2D eigenvalue weighted by molar-refractivity contribution is 7.89. The monoisotopic (exact) mass is 860 g/mol. The van der Waals surface area contributed by atoms with E-state index in [4.69, 9.17) is 0 Å². The normalized spacial score (nSPS) is 15.6. The fourth-order valence-electron chi connectivity index (χ4n) is 8.38. The molecule has 15 nitrogen and oxygen atoms in total. The minimum absolute atomic E-state index is 0.0194. The van der Waals surface area contributed by atoms with Crippen LogP contribution in [0.25, 0.3) is 32.3 Å². The molecular formula is C44H40N6O9S2. The van der Waals surface area contributed by atoms with Crippen molar-refractivity contribution in [2.75, 3.05) is 26.2 Å². The summed E-state index contributed by atoms with van der Waals surface area (Å²) in [5.74, 6) is -1.01. The van der Waals surface area contributed by atoms with Crippen LogP contribution in [0.1, 0.15) is 42.6 Å². The highest BCUT2D eigenvalue weighted by Crippen LogP contribution is 2.39. The van der Waals surface area contributed by atoms with Crippen molar-refractivity contribution >= 4 is 69.6 Å². The van der Waals surface area contributed by atoms with Gasteiger partial charge < -0.3 is 4.90 Å². The zero-order valence-electron chi connectivity index (χ0n) is 33.0. The molecule has 6 aromatic carbocycles. The number of hydrogen-bond acceptors (Lipinski definition) is 10. The van der Waals surface area contributed by atoms with Crippen molar-refractivity contribution in [1.82, 2.24) is 18.5 Å². The van der Waals surface area contributed by atoms with Crippen molar-refractivity contribution in [3.8, 4) is 0 Å². The minimum atomic E-state index is -4.59. The molecule has 0 saturated heterocycles. The van der Waals surface area contributed by atoms with E-state index in [9.17, 15) is 37.1 Å². The number of carbonyl (C=O) groups is 1. The number of nitrogens with zero attached hydrogens (tertiary/aromatic N) is 6. The summed E-state index contributed by atoms with van der Waals surface area (Å²) >= 11 is 0. The molecular weight excluding hydrogens is 821 g/mol. The Bertz CT molecular complexity index is 3060. The molecule has 0 N–H and O–H groups in total. The van der Waals surface area contributed by atoms with Gasteiger partial charge in [0.25, 0.3) is 11.4 Å². The number of aromatic nitrogens is 1. The number of benzene rings is 6. The predicted molar refractivity (Wildman–Crippen MR) is 230 cm³/mol. The second-order valence-electron chi connectivity index (χ2n) is 14.9. The van der Waals surface area contributed by atoms with Gasteiger partial charge in [-0.2, -0.15) is 8.61 Å². The van der Waals surface area contributed by atoms with Crippen molar-refractivity contribution in [1.29, 1.82) is 0 Å². The second-order valence-corrected chi connectivity index (χ2v) is 18.7. The van der Waals surface area contributed by atoms with Crippen LogP contribution in [0.3, 0.4) is 0 Å². The third-order valence-corrected chi connectivity index (χ3v) is 15.1. The molecule has 1 unspecified atom stereocenters. The molecule has 0 spiro atoms. The smallest absolute Gasteiger partial charge is 0.289 e. The van der Waals surface area contributed by atoms with Gasteiger partial charge in [-0.1, -0.05) is 91.9 Å². The van der Waals surface area contributed by atoms with Crippen LogP contribution in [0.2, 0.25) is 0 Å².